The first-order valence-corrected chi connectivity index (χ1v) is 9.52. The molecule has 0 saturated heterocycles. The molecule has 138 valence electrons. The maximum Gasteiger partial charge on any atom is 0.269 e. The highest BCUT2D eigenvalue weighted by molar-refractivity contribution is 7.89. The zero-order valence-electron chi connectivity index (χ0n) is 14.6. The second kappa shape index (κ2) is 8.26. The molecule has 2 aromatic rings. The number of benzene rings is 2. The highest BCUT2D eigenvalue weighted by atomic mass is 32.2. The molecule has 9 heteroatoms. The van der Waals surface area contributed by atoms with Gasteiger partial charge in [0.25, 0.3) is 5.91 Å². The molecule has 2 aromatic carbocycles. The van der Waals surface area contributed by atoms with Crippen molar-refractivity contribution in [2.75, 3.05) is 19.4 Å². The third-order valence-electron chi connectivity index (χ3n) is 3.55. The van der Waals surface area contributed by atoms with Crippen LogP contribution in [0.3, 0.4) is 0 Å². The maximum absolute atomic E-state index is 12.2. The van der Waals surface area contributed by atoms with Crippen LogP contribution in [-0.4, -0.2) is 37.8 Å². The van der Waals surface area contributed by atoms with Gasteiger partial charge in [0.1, 0.15) is 0 Å². The lowest BCUT2D eigenvalue weighted by molar-refractivity contribution is 0.0943. The van der Waals surface area contributed by atoms with Crippen LogP contribution in [-0.2, 0) is 10.0 Å². The minimum atomic E-state index is -3.54. The SMILES string of the molecule is Cc1ccccc1C(=O)NNC(=S)Nc1cccc(S(=O)(=O)N(C)C)c1. The third kappa shape index (κ3) is 4.78. The van der Waals surface area contributed by atoms with Gasteiger partial charge in [-0.25, -0.2) is 12.7 Å². The van der Waals surface area contributed by atoms with Crippen molar-refractivity contribution in [3.63, 3.8) is 0 Å². The van der Waals surface area contributed by atoms with Gasteiger partial charge >= 0.3 is 0 Å². The summed E-state index contributed by atoms with van der Waals surface area (Å²) in [6.45, 7) is 1.84. The predicted molar refractivity (Wildman–Crippen MR) is 105 cm³/mol. The van der Waals surface area contributed by atoms with Crippen molar-refractivity contribution < 1.29 is 13.2 Å². The van der Waals surface area contributed by atoms with E-state index in [4.69, 9.17) is 12.2 Å². The molecule has 0 fully saturated rings. The Morgan fingerprint density at radius 3 is 2.38 bits per heavy atom. The number of hydrogen-bond acceptors (Lipinski definition) is 4. The predicted octanol–water partition coefficient (Wildman–Crippen LogP) is 1.88. The van der Waals surface area contributed by atoms with Crippen molar-refractivity contribution in [3.8, 4) is 0 Å². The van der Waals surface area contributed by atoms with Gasteiger partial charge in [0.2, 0.25) is 10.0 Å². The maximum atomic E-state index is 12.2. The smallest absolute Gasteiger partial charge is 0.269 e. The van der Waals surface area contributed by atoms with Crippen molar-refractivity contribution >= 4 is 38.9 Å². The van der Waals surface area contributed by atoms with E-state index in [9.17, 15) is 13.2 Å². The van der Waals surface area contributed by atoms with Gasteiger partial charge in [0.05, 0.1) is 4.90 Å². The van der Waals surface area contributed by atoms with Gasteiger partial charge in [-0.3, -0.25) is 15.6 Å². The Morgan fingerprint density at radius 2 is 1.73 bits per heavy atom. The molecule has 0 unspecified atom stereocenters. The largest absolute Gasteiger partial charge is 0.331 e. The van der Waals surface area contributed by atoms with E-state index in [-0.39, 0.29) is 15.9 Å². The molecule has 0 aliphatic carbocycles. The van der Waals surface area contributed by atoms with E-state index >= 15 is 0 Å². The number of hydrogen-bond donors (Lipinski definition) is 3. The van der Waals surface area contributed by atoms with Crippen molar-refractivity contribution in [2.45, 2.75) is 11.8 Å². The van der Waals surface area contributed by atoms with Crippen LogP contribution in [0.15, 0.2) is 53.4 Å². The minimum absolute atomic E-state index is 0.131. The first kappa shape index (κ1) is 19.8. The number of carbonyl (C=O) groups is 1. The van der Waals surface area contributed by atoms with Gasteiger partial charge in [-0.05, 0) is 49.0 Å². The summed E-state index contributed by atoms with van der Waals surface area (Å²) in [6.07, 6.45) is 0. The molecule has 0 aliphatic rings. The van der Waals surface area contributed by atoms with Gasteiger partial charge < -0.3 is 5.32 Å². The van der Waals surface area contributed by atoms with Crippen LogP contribution in [0, 0.1) is 6.92 Å². The Bertz CT molecular complexity index is 927. The standard InChI is InChI=1S/C17H20N4O3S2/c1-12-7-4-5-10-15(12)16(22)19-20-17(25)18-13-8-6-9-14(11-13)26(23,24)21(2)3/h4-11H,1-3H3,(H,19,22)(H2,18,20,25). The van der Waals surface area contributed by atoms with Crippen LogP contribution in [0.25, 0.3) is 0 Å². The lowest BCUT2D eigenvalue weighted by Gasteiger charge is -2.14. The first-order valence-electron chi connectivity index (χ1n) is 7.67. The number of nitrogens with zero attached hydrogens (tertiary/aromatic N) is 1. The van der Waals surface area contributed by atoms with Crippen LogP contribution in [0.4, 0.5) is 5.69 Å². The quantitative estimate of drug-likeness (QED) is 0.544. The Balaban J connectivity index is 2.00. The van der Waals surface area contributed by atoms with Gasteiger partial charge in [0.15, 0.2) is 5.11 Å². The molecule has 0 atom stereocenters. The van der Waals surface area contributed by atoms with E-state index in [0.717, 1.165) is 9.87 Å². The zero-order chi connectivity index (χ0) is 19.3. The highest BCUT2D eigenvalue weighted by Gasteiger charge is 2.17. The molecule has 0 aliphatic heterocycles. The number of rotatable bonds is 4. The Labute approximate surface area is 158 Å². The van der Waals surface area contributed by atoms with Gasteiger partial charge in [0, 0.05) is 25.3 Å². The second-order valence-corrected chi connectivity index (χ2v) is 8.22. The first-order chi connectivity index (χ1) is 12.2. The molecule has 2 rings (SSSR count). The van der Waals surface area contributed by atoms with Crippen molar-refractivity contribution in [2.24, 2.45) is 0 Å². The van der Waals surface area contributed by atoms with Crippen molar-refractivity contribution in [3.05, 3.63) is 59.7 Å². The average Bonchev–Trinajstić information content (AvgIpc) is 2.60. The molecule has 0 radical (unpaired) electrons. The number of nitrogens with one attached hydrogen (secondary N) is 3. The Kier molecular flexibility index (Phi) is 6.30. The summed E-state index contributed by atoms with van der Waals surface area (Å²) in [4.78, 5) is 12.3. The summed E-state index contributed by atoms with van der Waals surface area (Å²) < 4.78 is 25.5. The zero-order valence-corrected chi connectivity index (χ0v) is 16.2. The average molecular weight is 393 g/mol. The number of carbonyl (C=O) groups excluding carboxylic acids is 1. The molecule has 3 N–H and O–H groups in total. The normalized spacial score (nSPS) is 11.1. The highest BCUT2D eigenvalue weighted by Crippen LogP contribution is 2.17. The fraction of sp³-hybridized carbons (Fsp3) is 0.176. The lowest BCUT2D eigenvalue weighted by atomic mass is 10.1. The van der Waals surface area contributed by atoms with E-state index in [1.165, 1.54) is 26.2 Å². The molecule has 0 heterocycles. The molecule has 0 saturated carbocycles. The summed E-state index contributed by atoms with van der Waals surface area (Å²) in [7, 11) is -0.620. The van der Waals surface area contributed by atoms with Gasteiger partial charge in [-0.15, -0.1) is 0 Å². The summed E-state index contributed by atoms with van der Waals surface area (Å²) in [5.41, 5.74) is 6.95. The van der Waals surface area contributed by atoms with Gasteiger partial charge in [-0.1, -0.05) is 24.3 Å². The molecule has 0 spiro atoms. The summed E-state index contributed by atoms with van der Waals surface area (Å²) >= 11 is 5.13. The van der Waals surface area contributed by atoms with E-state index < -0.39 is 10.0 Å². The Morgan fingerprint density at radius 1 is 1.04 bits per heavy atom. The number of thiocarbonyl (C=S) groups is 1. The number of sulfonamides is 1. The topological polar surface area (TPSA) is 90.5 Å². The minimum Gasteiger partial charge on any atom is -0.331 e. The van der Waals surface area contributed by atoms with E-state index in [2.05, 4.69) is 16.2 Å². The lowest BCUT2D eigenvalue weighted by Crippen LogP contribution is -2.44. The summed E-state index contributed by atoms with van der Waals surface area (Å²) in [6, 6.07) is 13.4. The van der Waals surface area contributed by atoms with Crippen LogP contribution < -0.4 is 16.2 Å². The number of anilines is 1. The van der Waals surface area contributed by atoms with Crippen molar-refractivity contribution in [1.82, 2.24) is 15.2 Å². The summed E-state index contributed by atoms with van der Waals surface area (Å²) in [5, 5.41) is 2.97. The Hall–Kier alpha value is -2.49. The van der Waals surface area contributed by atoms with Crippen LogP contribution in [0.1, 0.15) is 15.9 Å². The molecule has 0 aromatic heterocycles. The molecule has 26 heavy (non-hydrogen) atoms. The molecule has 1 amide bonds. The number of aryl methyl sites for hydroxylation is 1. The van der Waals surface area contributed by atoms with E-state index in [1.807, 2.05) is 19.1 Å². The van der Waals surface area contributed by atoms with E-state index in [0.29, 0.717) is 11.3 Å². The van der Waals surface area contributed by atoms with Crippen LogP contribution >= 0.6 is 12.2 Å². The van der Waals surface area contributed by atoms with Crippen LogP contribution in [0.2, 0.25) is 0 Å². The summed E-state index contributed by atoms with van der Waals surface area (Å²) in [5.74, 6) is -0.323. The van der Waals surface area contributed by atoms with E-state index in [1.54, 1.807) is 24.3 Å². The molecule has 7 nitrogen and oxygen atoms in total. The number of amides is 1. The number of hydrazine groups is 1. The van der Waals surface area contributed by atoms with Crippen LogP contribution in [0.5, 0.6) is 0 Å². The third-order valence-corrected chi connectivity index (χ3v) is 5.56. The molecular weight excluding hydrogens is 372 g/mol. The fourth-order valence-electron chi connectivity index (χ4n) is 2.12. The van der Waals surface area contributed by atoms with Gasteiger partial charge in [-0.2, -0.15) is 0 Å². The van der Waals surface area contributed by atoms with Crippen molar-refractivity contribution in [1.29, 1.82) is 0 Å². The second-order valence-electron chi connectivity index (χ2n) is 5.66. The molecular formula is C17H20N4O3S2. The fourth-order valence-corrected chi connectivity index (χ4v) is 3.23. The monoisotopic (exact) mass is 392 g/mol. The molecule has 0 bridgehead atoms.